The third-order valence-corrected chi connectivity index (χ3v) is 3.40. The maximum atomic E-state index is 12.1. The van der Waals surface area contributed by atoms with E-state index < -0.39 is 5.60 Å². The van der Waals surface area contributed by atoms with Crippen molar-refractivity contribution in [3.63, 3.8) is 0 Å². The van der Waals surface area contributed by atoms with Gasteiger partial charge >= 0.3 is 0 Å². The lowest BCUT2D eigenvalue weighted by Crippen LogP contribution is -2.50. The number of carbonyl (C=O) groups excluding carboxylic acids is 1. The molecule has 0 saturated carbocycles. The number of hydrogen-bond acceptors (Lipinski definition) is 3. The minimum absolute atomic E-state index is 0.0959. The summed E-state index contributed by atoms with van der Waals surface area (Å²) in [6.45, 7) is 7.60. The van der Waals surface area contributed by atoms with Crippen LogP contribution in [0.2, 0.25) is 0 Å². The molecule has 0 aromatic rings. The topological polar surface area (TPSA) is 61.4 Å². The van der Waals surface area contributed by atoms with E-state index in [-0.39, 0.29) is 11.3 Å². The van der Waals surface area contributed by atoms with Gasteiger partial charge in [-0.1, -0.05) is 6.92 Å². The van der Waals surface area contributed by atoms with E-state index in [2.05, 4.69) is 17.6 Å². The summed E-state index contributed by atoms with van der Waals surface area (Å²) in [5.74, 6) is 0.0959. The smallest absolute Gasteiger partial charge is 0.226 e. The first-order valence-corrected chi connectivity index (χ1v) is 6.11. The zero-order chi connectivity index (χ0) is 12.2. The van der Waals surface area contributed by atoms with Gasteiger partial charge in [0.05, 0.1) is 11.0 Å². The first-order chi connectivity index (χ1) is 7.40. The predicted octanol–water partition coefficient (Wildman–Crippen LogP) is 0.653. The quantitative estimate of drug-likeness (QED) is 0.662. The van der Waals surface area contributed by atoms with Crippen LogP contribution in [0, 0.1) is 5.41 Å². The van der Waals surface area contributed by atoms with Gasteiger partial charge in [-0.15, -0.1) is 0 Å². The van der Waals surface area contributed by atoms with Crippen molar-refractivity contribution in [3.05, 3.63) is 0 Å². The van der Waals surface area contributed by atoms with Crippen molar-refractivity contribution < 1.29 is 9.90 Å². The Morgan fingerprint density at radius 3 is 2.44 bits per heavy atom. The van der Waals surface area contributed by atoms with E-state index in [1.807, 2.05) is 0 Å². The monoisotopic (exact) mass is 228 g/mol. The van der Waals surface area contributed by atoms with Crippen LogP contribution in [0.15, 0.2) is 0 Å². The summed E-state index contributed by atoms with van der Waals surface area (Å²) in [6.07, 6.45) is 2.65. The highest BCUT2D eigenvalue weighted by atomic mass is 16.3. The van der Waals surface area contributed by atoms with Crippen LogP contribution in [0.25, 0.3) is 0 Å². The van der Waals surface area contributed by atoms with E-state index in [1.54, 1.807) is 13.8 Å². The molecule has 0 aromatic heterocycles. The lowest BCUT2D eigenvalue weighted by atomic mass is 9.76. The van der Waals surface area contributed by atoms with Gasteiger partial charge in [0, 0.05) is 6.54 Å². The zero-order valence-corrected chi connectivity index (χ0v) is 10.6. The van der Waals surface area contributed by atoms with Crippen molar-refractivity contribution >= 4 is 5.91 Å². The molecule has 1 saturated heterocycles. The molecule has 1 heterocycles. The molecule has 1 fully saturated rings. The second kappa shape index (κ2) is 5.15. The summed E-state index contributed by atoms with van der Waals surface area (Å²) < 4.78 is 0. The second-order valence-corrected chi connectivity index (χ2v) is 5.38. The molecule has 0 bridgehead atoms. The lowest BCUT2D eigenvalue weighted by molar-refractivity contribution is -0.133. The van der Waals surface area contributed by atoms with Crippen LogP contribution in [0.4, 0.5) is 0 Å². The molecule has 0 radical (unpaired) electrons. The number of amides is 1. The molecule has 1 rings (SSSR count). The van der Waals surface area contributed by atoms with Gasteiger partial charge in [0.25, 0.3) is 0 Å². The van der Waals surface area contributed by atoms with Gasteiger partial charge in [0.15, 0.2) is 0 Å². The Morgan fingerprint density at radius 1 is 1.44 bits per heavy atom. The minimum Gasteiger partial charge on any atom is -0.389 e. The van der Waals surface area contributed by atoms with E-state index in [9.17, 15) is 9.90 Å². The Morgan fingerprint density at radius 2 is 2.00 bits per heavy atom. The van der Waals surface area contributed by atoms with Gasteiger partial charge < -0.3 is 15.7 Å². The number of aliphatic hydroxyl groups is 1. The van der Waals surface area contributed by atoms with Crippen LogP contribution in [-0.4, -0.2) is 36.2 Å². The third-order valence-electron chi connectivity index (χ3n) is 3.40. The first-order valence-electron chi connectivity index (χ1n) is 6.11. The van der Waals surface area contributed by atoms with Crippen molar-refractivity contribution in [1.29, 1.82) is 0 Å². The highest BCUT2D eigenvalue weighted by Crippen LogP contribution is 2.32. The average molecular weight is 228 g/mol. The second-order valence-electron chi connectivity index (χ2n) is 5.38. The van der Waals surface area contributed by atoms with Gasteiger partial charge in [0.2, 0.25) is 5.91 Å². The van der Waals surface area contributed by atoms with Crippen molar-refractivity contribution in [2.75, 3.05) is 19.6 Å². The maximum Gasteiger partial charge on any atom is 0.226 e. The van der Waals surface area contributed by atoms with Crippen LogP contribution >= 0.6 is 0 Å². The summed E-state index contributed by atoms with van der Waals surface area (Å²) in [5.41, 5.74) is -1.06. The minimum atomic E-state index is -0.836. The molecule has 0 spiro atoms. The van der Waals surface area contributed by atoms with Crippen molar-refractivity contribution in [2.24, 2.45) is 5.41 Å². The van der Waals surface area contributed by atoms with Gasteiger partial charge in [-0.05, 0) is 46.2 Å². The van der Waals surface area contributed by atoms with E-state index in [1.165, 1.54) is 0 Å². The zero-order valence-electron chi connectivity index (χ0n) is 10.6. The van der Waals surface area contributed by atoms with E-state index >= 15 is 0 Å². The van der Waals surface area contributed by atoms with Crippen LogP contribution in [-0.2, 0) is 4.79 Å². The predicted molar refractivity (Wildman–Crippen MR) is 64.1 cm³/mol. The normalized spacial score (nSPS) is 20.5. The molecule has 1 aliphatic rings. The molecule has 1 aliphatic heterocycles. The Bertz CT molecular complexity index is 240. The molecule has 4 nitrogen and oxygen atoms in total. The van der Waals surface area contributed by atoms with Crippen LogP contribution in [0.1, 0.15) is 40.0 Å². The lowest BCUT2D eigenvalue weighted by Gasteiger charge is -2.36. The molecule has 4 heteroatoms. The van der Waals surface area contributed by atoms with Gasteiger partial charge in [0.1, 0.15) is 0 Å². The number of hydrogen-bond donors (Lipinski definition) is 3. The molecule has 0 unspecified atom stereocenters. The maximum absolute atomic E-state index is 12.1. The summed E-state index contributed by atoms with van der Waals surface area (Å²) in [5, 5.41) is 15.7. The molecule has 1 amide bonds. The van der Waals surface area contributed by atoms with Gasteiger partial charge in [-0.25, -0.2) is 0 Å². The van der Waals surface area contributed by atoms with Crippen LogP contribution < -0.4 is 10.6 Å². The Kier molecular flexibility index (Phi) is 4.33. The summed E-state index contributed by atoms with van der Waals surface area (Å²) in [6, 6.07) is 0. The number of nitrogens with one attached hydrogen (secondary N) is 2. The first kappa shape index (κ1) is 13.5. The fourth-order valence-corrected chi connectivity index (χ4v) is 2.13. The number of carbonyl (C=O) groups is 1. The fourth-order valence-electron chi connectivity index (χ4n) is 2.13. The summed E-state index contributed by atoms with van der Waals surface area (Å²) in [4.78, 5) is 12.1. The van der Waals surface area contributed by atoms with Crippen LogP contribution in [0.5, 0.6) is 0 Å². The Balaban J connectivity index is 2.55. The molecule has 0 aliphatic carbocycles. The average Bonchev–Trinajstić information content (AvgIpc) is 2.25. The molecule has 3 N–H and O–H groups in total. The molecule has 94 valence electrons. The number of rotatable bonds is 4. The van der Waals surface area contributed by atoms with Crippen molar-refractivity contribution in [1.82, 2.24) is 10.6 Å². The Hall–Kier alpha value is -0.610. The van der Waals surface area contributed by atoms with Gasteiger partial charge in [-0.2, -0.15) is 0 Å². The van der Waals surface area contributed by atoms with Crippen LogP contribution in [0.3, 0.4) is 0 Å². The highest BCUT2D eigenvalue weighted by molar-refractivity contribution is 5.82. The van der Waals surface area contributed by atoms with E-state index in [4.69, 9.17) is 0 Å². The van der Waals surface area contributed by atoms with E-state index in [0.717, 1.165) is 32.4 Å². The van der Waals surface area contributed by atoms with Gasteiger partial charge in [-0.3, -0.25) is 4.79 Å². The largest absolute Gasteiger partial charge is 0.389 e. The molecular formula is C12H24N2O2. The standard InChI is InChI=1S/C12H24N2O2/c1-4-12(5-7-13-8-6-12)10(15)14-9-11(2,3)16/h13,16H,4-9H2,1-3H3,(H,14,15). The van der Waals surface area contributed by atoms with Crippen molar-refractivity contribution in [3.8, 4) is 0 Å². The fraction of sp³-hybridized carbons (Fsp3) is 0.917. The van der Waals surface area contributed by atoms with Crippen molar-refractivity contribution in [2.45, 2.75) is 45.6 Å². The molecule has 16 heavy (non-hydrogen) atoms. The summed E-state index contributed by atoms with van der Waals surface area (Å²) in [7, 11) is 0. The number of piperidine rings is 1. The summed E-state index contributed by atoms with van der Waals surface area (Å²) >= 11 is 0. The molecular weight excluding hydrogens is 204 g/mol. The molecule has 0 atom stereocenters. The Labute approximate surface area is 97.8 Å². The SMILES string of the molecule is CCC1(C(=O)NCC(C)(C)O)CCNCC1. The third kappa shape index (κ3) is 3.46. The highest BCUT2D eigenvalue weighted by Gasteiger charge is 2.37. The van der Waals surface area contributed by atoms with E-state index in [0.29, 0.717) is 6.54 Å². The molecule has 0 aromatic carbocycles.